The summed E-state index contributed by atoms with van der Waals surface area (Å²) in [7, 11) is 6.41. The van der Waals surface area contributed by atoms with E-state index in [0.717, 1.165) is 72.5 Å². The Morgan fingerprint density at radius 2 is 0.900 bits per heavy atom. The van der Waals surface area contributed by atoms with Crippen LogP contribution in [0.3, 0.4) is 0 Å². The first kappa shape index (κ1) is 48.7. The van der Waals surface area contributed by atoms with E-state index in [9.17, 15) is 19.2 Å². The third-order valence-corrected chi connectivity index (χ3v) is 12.4. The average molecular weight is 779 g/mol. The lowest BCUT2D eigenvalue weighted by molar-refractivity contribution is -0.147. The van der Waals surface area contributed by atoms with Gasteiger partial charge in [-0.25, -0.2) is 0 Å². The first-order valence-electron chi connectivity index (χ1n) is 17.9. The number of rotatable bonds is 31. The van der Waals surface area contributed by atoms with Crippen molar-refractivity contribution in [3.8, 4) is 0 Å². The summed E-state index contributed by atoms with van der Waals surface area (Å²) >= 11 is 0. The van der Waals surface area contributed by atoms with Crippen molar-refractivity contribution in [2.45, 2.75) is 131 Å². The highest BCUT2D eigenvalue weighted by molar-refractivity contribution is 8.78. The van der Waals surface area contributed by atoms with Crippen molar-refractivity contribution in [3.05, 3.63) is 21.2 Å². The maximum atomic E-state index is 12.1. The average Bonchev–Trinajstić information content (AvgIpc) is 3.09. The van der Waals surface area contributed by atoms with Gasteiger partial charge < -0.3 is 30.7 Å². The summed E-state index contributed by atoms with van der Waals surface area (Å²) in [5.41, 5.74) is 13.6. The SMILES string of the molecule is CSS/C(CCOC(=O)[C@@H](N)C(C)C)=C(/C)N(C=O)CCCCCCCCCCCCN(C=O)/C(C)=C(/CCOC(=O)[C@@H](N)C(C)C)SSC. The van der Waals surface area contributed by atoms with Crippen LogP contribution in [0.2, 0.25) is 0 Å². The summed E-state index contributed by atoms with van der Waals surface area (Å²) in [5.74, 6) is -0.733. The maximum Gasteiger partial charge on any atom is 0.323 e. The molecule has 0 bridgehead atoms. The topological polar surface area (TPSA) is 145 Å². The number of carbonyl (C=O) groups is 4. The third kappa shape index (κ3) is 21.3. The quantitative estimate of drug-likeness (QED) is 0.0303. The fraction of sp³-hybridized carbons (Fsp3) is 0.778. The minimum absolute atomic E-state index is 0.0211. The Labute approximate surface area is 318 Å². The van der Waals surface area contributed by atoms with Crippen LogP contribution < -0.4 is 11.5 Å². The highest BCUT2D eigenvalue weighted by Crippen LogP contribution is 2.34. The van der Waals surface area contributed by atoms with Gasteiger partial charge in [0.2, 0.25) is 12.8 Å². The molecule has 0 aliphatic heterocycles. The number of allylic oxidation sites excluding steroid dienone is 2. The zero-order valence-corrected chi connectivity index (χ0v) is 35.2. The van der Waals surface area contributed by atoms with Gasteiger partial charge in [0.1, 0.15) is 12.1 Å². The van der Waals surface area contributed by atoms with E-state index in [1.807, 2.05) is 54.1 Å². The van der Waals surface area contributed by atoms with Crippen LogP contribution in [0.4, 0.5) is 0 Å². The number of unbranched alkanes of at least 4 members (excludes halogenated alkanes) is 9. The second-order valence-corrected chi connectivity index (χ2v) is 18.0. The first-order chi connectivity index (χ1) is 23.9. The molecule has 0 saturated carbocycles. The predicted octanol–water partition coefficient (Wildman–Crippen LogP) is 8.12. The second kappa shape index (κ2) is 30.2. The summed E-state index contributed by atoms with van der Waals surface area (Å²) in [6.07, 6.45) is 18.0. The summed E-state index contributed by atoms with van der Waals surface area (Å²) in [5, 5.41) is 0. The van der Waals surface area contributed by atoms with Gasteiger partial charge in [0.05, 0.1) is 13.2 Å². The summed E-state index contributed by atoms with van der Waals surface area (Å²) < 4.78 is 10.8. The molecule has 0 aliphatic carbocycles. The van der Waals surface area contributed by atoms with E-state index in [1.165, 1.54) is 25.7 Å². The zero-order chi connectivity index (χ0) is 37.9. The Morgan fingerprint density at radius 3 is 1.16 bits per heavy atom. The molecule has 0 rings (SSSR count). The number of ether oxygens (including phenoxy) is 2. The van der Waals surface area contributed by atoms with Crippen LogP contribution in [-0.2, 0) is 28.7 Å². The van der Waals surface area contributed by atoms with Crippen molar-refractivity contribution in [2.75, 3.05) is 38.8 Å². The molecule has 14 heteroatoms. The second-order valence-electron chi connectivity index (χ2n) is 13.0. The van der Waals surface area contributed by atoms with Gasteiger partial charge >= 0.3 is 11.9 Å². The molecule has 0 spiro atoms. The van der Waals surface area contributed by atoms with Crippen LogP contribution in [0.25, 0.3) is 0 Å². The third-order valence-electron chi connectivity index (χ3n) is 8.47. The van der Waals surface area contributed by atoms with Gasteiger partial charge in [-0.1, -0.05) is 122 Å². The van der Waals surface area contributed by atoms with E-state index in [2.05, 4.69) is 0 Å². The lowest BCUT2D eigenvalue weighted by Crippen LogP contribution is -2.37. The molecule has 0 aliphatic rings. The van der Waals surface area contributed by atoms with Gasteiger partial charge in [-0.15, -0.1) is 0 Å². The predicted molar refractivity (Wildman–Crippen MR) is 216 cm³/mol. The first-order valence-corrected chi connectivity index (χ1v) is 23.1. The molecule has 10 nitrogen and oxygen atoms in total. The maximum absolute atomic E-state index is 12.1. The van der Waals surface area contributed by atoms with E-state index in [0.29, 0.717) is 25.9 Å². The minimum atomic E-state index is -0.627. The lowest BCUT2D eigenvalue weighted by atomic mass is 10.1. The van der Waals surface area contributed by atoms with Gasteiger partial charge in [0.15, 0.2) is 0 Å². The van der Waals surface area contributed by atoms with Crippen LogP contribution in [0.1, 0.15) is 119 Å². The molecule has 0 fully saturated rings. The van der Waals surface area contributed by atoms with Crippen molar-refractivity contribution in [1.82, 2.24) is 9.80 Å². The zero-order valence-electron chi connectivity index (χ0n) is 31.9. The van der Waals surface area contributed by atoms with Crippen molar-refractivity contribution in [1.29, 1.82) is 0 Å². The van der Waals surface area contributed by atoms with E-state index in [1.54, 1.807) is 53.0 Å². The largest absolute Gasteiger partial charge is 0.464 e. The molecule has 0 heterocycles. The Bertz CT molecular complexity index is 964. The van der Waals surface area contributed by atoms with Gasteiger partial charge in [0, 0.05) is 47.1 Å². The number of carbonyl (C=O) groups excluding carboxylic acids is 4. The molecule has 4 N–H and O–H groups in total. The molecule has 0 unspecified atom stereocenters. The van der Waals surface area contributed by atoms with E-state index >= 15 is 0 Å². The van der Waals surface area contributed by atoms with Crippen molar-refractivity contribution in [3.63, 3.8) is 0 Å². The lowest BCUT2D eigenvalue weighted by Gasteiger charge is -2.22. The summed E-state index contributed by atoms with van der Waals surface area (Å²) in [6, 6.07) is -1.25. The molecule has 0 aromatic rings. The number of nitrogens with two attached hydrogens (primary N) is 2. The molecule has 2 amide bonds. The Morgan fingerprint density at radius 1 is 0.600 bits per heavy atom. The van der Waals surface area contributed by atoms with Crippen LogP contribution in [0.15, 0.2) is 21.2 Å². The van der Waals surface area contributed by atoms with Crippen molar-refractivity contribution in [2.24, 2.45) is 23.3 Å². The Balaban J connectivity index is 4.40. The fourth-order valence-corrected chi connectivity index (χ4v) is 8.53. The van der Waals surface area contributed by atoms with E-state index in [-0.39, 0.29) is 37.0 Å². The van der Waals surface area contributed by atoms with Crippen molar-refractivity contribution < 1.29 is 28.7 Å². The minimum Gasteiger partial charge on any atom is -0.464 e. The van der Waals surface area contributed by atoms with E-state index < -0.39 is 12.1 Å². The monoisotopic (exact) mass is 778 g/mol. The molecule has 0 radical (unpaired) electrons. The Kier molecular flexibility index (Phi) is 29.4. The van der Waals surface area contributed by atoms with Crippen LogP contribution in [0, 0.1) is 11.8 Å². The van der Waals surface area contributed by atoms with Gasteiger partial charge in [-0.2, -0.15) is 0 Å². The molecular formula is C36H66N4O6S4. The smallest absolute Gasteiger partial charge is 0.323 e. The van der Waals surface area contributed by atoms with Crippen LogP contribution >= 0.6 is 43.2 Å². The number of esters is 2. The molecule has 0 saturated heterocycles. The van der Waals surface area contributed by atoms with Crippen LogP contribution in [0.5, 0.6) is 0 Å². The molecule has 50 heavy (non-hydrogen) atoms. The molecule has 2 atom stereocenters. The highest BCUT2D eigenvalue weighted by atomic mass is 33.1. The summed E-state index contributed by atoms with van der Waals surface area (Å²) in [6.45, 7) is 13.3. The molecule has 290 valence electrons. The van der Waals surface area contributed by atoms with Gasteiger partial charge in [-0.3, -0.25) is 19.2 Å². The number of amides is 2. The number of nitrogens with zero attached hydrogens (tertiary/aromatic N) is 2. The molecular weight excluding hydrogens is 713 g/mol. The fourth-order valence-electron chi connectivity index (χ4n) is 4.89. The molecule has 0 aromatic heterocycles. The normalized spacial score (nSPS) is 13.8. The standard InChI is InChI=1S/C36H66N4O6S4/c1-27(2)33(37)35(43)45-23-19-31(49-47-7)29(5)39(25-41)21-17-15-13-11-9-10-12-14-16-18-22-40(26-42)30(6)32(50-48-8)20-24-46-36(44)34(38)28(3)4/h25-28,33-34H,9-24,37-38H2,1-8H3/b31-29-,32-30-/t33-,34-/m0/s1. The number of hydrogen-bond donors (Lipinski definition) is 2. The van der Waals surface area contributed by atoms with Crippen molar-refractivity contribution >= 4 is 67.9 Å². The molecule has 0 aromatic carbocycles. The number of hydrogen-bond acceptors (Lipinski definition) is 12. The van der Waals surface area contributed by atoms with Gasteiger partial charge in [-0.05, 0) is 51.0 Å². The summed E-state index contributed by atoms with van der Waals surface area (Å²) in [4.78, 5) is 53.6. The van der Waals surface area contributed by atoms with Gasteiger partial charge in [0.25, 0.3) is 0 Å². The Hall–Kier alpha value is -1.32. The van der Waals surface area contributed by atoms with Crippen LogP contribution in [-0.4, -0.2) is 85.5 Å². The highest BCUT2D eigenvalue weighted by Gasteiger charge is 2.20. The van der Waals surface area contributed by atoms with E-state index in [4.69, 9.17) is 20.9 Å².